The second-order valence-corrected chi connectivity index (χ2v) is 10.1. The van der Waals surface area contributed by atoms with E-state index >= 15 is 0 Å². The molecule has 4 aromatic carbocycles. The van der Waals surface area contributed by atoms with Crippen LogP contribution in [0.2, 0.25) is 5.02 Å². The third-order valence-corrected chi connectivity index (χ3v) is 6.91. The van der Waals surface area contributed by atoms with Gasteiger partial charge in [-0.1, -0.05) is 60.1 Å². The molecule has 35 heavy (non-hydrogen) atoms. The van der Waals surface area contributed by atoms with Crippen LogP contribution in [0.5, 0.6) is 5.75 Å². The number of fused-ring (bicyclic) bond motifs is 1. The fourth-order valence-corrected chi connectivity index (χ4v) is 4.67. The molecule has 178 valence electrons. The molecule has 0 heterocycles. The fourth-order valence-electron chi connectivity index (χ4n) is 3.60. The van der Waals surface area contributed by atoms with E-state index < -0.39 is 15.9 Å². The molecule has 0 saturated heterocycles. The molecule has 4 aromatic rings. The van der Waals surface area contributed by atoms with Crippen molar-refractivity contribution in [2.24, 2.45) is 5.10 Å². The van der Waals surface area contributed by atoms with Gasteiger partial charge in [0.15, 0.2) is 0 Å². The van der Waals surface area contributed by atoms with Crippen molar-refractivity contribution in [3.63, 3.8) is 0 Å². The Balaban J connectivity index is 1.51. The number of amides is 1. The van der Waals surface area contributed by atoms with Crippen molar-refractivity contribution in [2.75, 3.05) is 10.6 Å². The lowest BCUT2D eigenvalue weighted by Gasteiger charge is -2.23. The summed E-state index contributed by atoms with van der Waals surface area (Å²) in [5.41, 5.74) is 4.27. The Morgan fingerprint density at radius 2 is 1.69 bits per heavy atom. The molecule has 0 aromatic heterocycles. The first-order chi connectivity index (χ1) is 16.7. The summed E-state index contributed by atoms with van der Waals surface area (Å²) in [7, 11) is -3.61. The van der Waals surface area contributed by atoms with Crippen molar-refractivity contribution < 1.29 is 18.3 Å². The van der Waals surface area contributed by atoms with Crippen LogP contribution in [0.1, 0.15) is 21.5 Å². The monoisotopic (exact) mass is 507 g/mol. The second-order valence-electron chi connectivity index (χ2n) is 7.83. The largest absolute Gasteiger partial charge is 0.507 e. The summed E-state index contributed by atoms with van der Waals surface area (Å²) in [6.45, 7) is 0.0584. The van der Waals surface area contributed by atoms with Crippen molar-refractivity contribution in [3.8, 4) is 5.75 Å². The molecule has 1 amide bonds. The molecular formula is C26H22ClN3O4S. The van der Waals surface area contributed by atoms with Crippen molar-refractivity contribution in [1.29, 1.82) is 0 Å². The highest BCUT2D eigenvalue weighted by molar-refractivity contribution is 7.92. The maximum atomic E-state index is 12.6. The molecule has 0 aliphatic carbocycles. The predicted octanol–water partition coefficient (Wildman–Crippen LogP) is 4.93. The van der Waals surface area contributed by atoms with Gasteiger partial charge in [0.25, 0.3) is 5.91 Å². The van der Waals surface area contributed by atoms with E-state index in [1.54, 1.807) is 48.5 Å². The minimum absolute atomic E-state index is 0.0467. The quantitative estimate of drug-likeness (QED) is 0.274. The molecule has 0 spiro atoms. The molecule has 0 aliphatic rings. The van der Waals surface area contributed by atoms with Gasteiger partial charge in [-0.05, 0) is 52.7 Å². The molecular weight excluding hydrogens is 486 g/mol. The summed E-state index contributed by atoms with van der Waals surface area (Å²) < 4.78 is 26.1. The summed E-state index contributed by atoms with van der Waals surface area (Å²) >= 11 is 6.20. The summed E-state index contributed by atoms with van der Waals surface area (Å²) in [6.07, 6.45) is 2.50. The van der Waals surface area contributed by atoms with Gasteiger partial charge >= 0.3 is 0 Å². The Morgan fingerprint density at radius 1 is 1.00 bits per heavy atom. The van der Waals surface area contributed by atoms with Gasteiger partial charge in [0, 0.05) is 16.1 Å². The highest BCUT2D eigenvalue weighted by Crippen LogP contribution is 2.26. The topological polar surface area (TPSA) is 99.1 Å². The van der Waals surface area contributed by atoms with Gasteiger partial charge < -0.3 is 5.11 Å². The highest BCUT2D eigenvalue weighted by Gasteiger charge is 2.19. The van der Waals surface area contributed by atoms with Crippen molar-refractivity contribution in [2.45, 2.75) is 6.54 Å². The third kappa shape index (κ3) is 5.62. The number of rotatable bonds is 7. The number of sulfonamides is 1. The zero-order chi connectivity index (χ0) is 25.0. The van der Waals surface area contributed by atoms with Crippen molar-refractivity contribution >= 4 is 50.2 Å². The molecule has 0 bridgehead atoms. The average Bonchev–Trinajstić information content (AvgIpc) is 2.84. The van der Waals surface area contributed by atoms with E-state index in [0.717, 1.165) is 17.0 Å². The number of carbonyl (C=O) groups is 1. The number of hydrazone groups is 1. The molecule has 0 atom stereocenters. The molecule has 4 rings (SSSR count). The van der Waals surface area contributed by atoms with E-state index in [9.17, 15) is 18.3 Å². The smallest absolute Gasteiger partial charge is 0.271 e. The zero-order valence-electron chi connectivity index (χ0n) is 18.7. The Bertz CT molecular complexity index is 1520. The molecule has 0 unspecified atom stereocenters. The van der Waals surface area contributed by atoms with E-state index in [2.05, 4.69) is 10.5 Å². The molecule has 0 radical (unpaired) electrons. The van der Waals surface area contributed by atoms with Gasteiger partial charge in [-0.25, -0.2) is 13.8 Å². The lowest BCUT2D eigenvalue weighted by Crippen LogP contribution is -2.29. The molecule has 7 nitrogen and oxygen atoms in total. The number of halogens is 1. The number of nitrogens with zero attached hydrogens (tertiary/aromatic N) is 2. The maximum Gasteiger partial charge on any atom is 0.271 e. The van der Waals surface area contributed by atoms with E-state index in [1.807, 2.05) is 24.3 Å². The number of benzene rings is 4. The average molecular weight is 508 g/mol. The molecule has 0 fully saturated rings. The van der Waals surface area contributed by atoms with Crippen LogP contribution in [-0.4, -0.2) is 31.9 Å². The molecule has 0 saturated carbocycles. The Hall–Kier alpha value is -3.88. The zero-order valence-corrected chi connectivity index (χ0v) is 20.3. The SMILES string of the molecule is CS(=O)(=O)N(Cc1ccccc1Cl)c1ccc(C(=O)N/N=C\c2c(O)ccc3ccccc23)cc1. The number of hydrogen-bond acceptors (Lipinski definition) is 5. The van der Waals surface area contributed by atoms with E-state index in [1.165, 1.54) is 22.7 Å². The Labute approximate surface area is 208 Å². The van der Waals surface area contributed by atoms with Gasteiger partial charge in [-0.2, -0.15) is 5.10 Å². The van der Waals surface area contributed by atoms with Crippen LogP contribution in [0.3, 0.4) is 0 Å². The number of phenolic OH excluding ortho intramolecular Hbond substituents is 1. The van der Waals surface area contributed by atoms with Crippen LogP contribution in [0.15, 0.2) is 90.0 Å². The summed E-state index contributed by atoms with van der Waals surface area (Å²) in [4.78, 5) is 12.6. The first-order valence-corrected chi connectivity index (χ1v) is 12.8. The predicted molar refractivity (Wildman–Crippen MR) is 140 cm³/mol. The Morgan fingerprint density at radius 3 is 2.40 bits per heavy atom. The van der Waals surface area contributed by atoms with Crippen molar-refractivity contribution in [1.82, 2.24) is 5.43 Å². The summed E-state index contributed by atoms with van der Waals surface area (Å²) in [6, 6.07) is 24.0. The summed E-state index contributed by atoms with van der Waals surface area (Å²) in [5, 5.41) is 16.4. The first-order valence-electron chi connectivity index (χ1n) is 10.6. The number of phenols is 1. The minimum Gasteiger partial charge on any atom is -0.507 e. The van der Waals surface area contributed by atoms with E-state index in [-0.39, 0.29) is 12.3 Å². The lowest BCUT2D eigenvalue weighted by molar-refractivity contribution is 0.0955. The number of carbonyl (C=O) groups excluding carboxylic acids is 1. The molecule has 0 aliphatic heterocycles. The van der Waals surface area contributed by atoms with E-state index in [4.69, 9.17) is 11.6 Å². The van der Waals surface area contributed by atoms with E-state index in [0.29, 0.717) is 27.4 Å². The van der Waals surface area contributed by atoms with Crippen LogP contribution in [0.25, 0.3) is 10.8 Å². The second kappa shape index (κ2) is 10.2. The lowest BCUT2D eigenvalue weighted by atomic mass is 10.0. The standard InChI is InChI=1S/C26H22ClN3O4S/c1-35(33,34)30(17-20-7-3-5-9-24(20)27)21-13-10-19(11-14-21)26(32)29-28-16-23-22-8-4-2-6-18(22)12-15-25(23)31/h2-16,31H,17H2,1H3,(H,29,32)/b28-16-. The number of nitrogens with one attached hydrogen (secondary N) is 1. The normalized spacial score (nSPS) is 11.6. The fraction of sp³-hybridized carbons (Fsp3) is 0.0769. The van der Waals surface area contributed by atoms with Gasteiger partial charge in [0.05, 0.1) is 24.7 Å². The first kappa shape index (κ1) is 24.3. The van der Waals surface area contributed by atoms with Gasteiger partial charge in [0.1, 0.15) is 5.75 Å². The summed E-state index contributed by atoms with van der Waals surface area (Å²) in [5.74, 6) is -0.435. The number of aromatic hydroxyl groups is 1. The Kier molecular flexibility index (Phi) is 7.04. The van der Waals surface area contributed by atoms with Crippen molar-refractivity contribution in [3.05, 3.63) is 107 Å². The van der Waals surface area contributed by atoms with Crippen LogP contribution < -0.4 is 9.73 Å². The van der Waals surface area contributed by atoms with Crippen LogP contribution in [-0.2, 0) is 16.6 Å². The number of hydrogen-bond donors (Lipinski definition) is 2. The van der Waals surface area contributed by atoms with Crippen LogP contribution in [0.4, 0.5) is 5.69 Å². The van der Waals surface area contributed by atoms with Crippen LogP contribution in [0, 0.1) is 0 Å². The highest BCUT2D eigenvalue weighted by atomic mass is 35.5. The number of anilines is 1. The van der Waals surface area contributed by atoms with Gasteiger partial charge in [-0.15, -0.1) is 0 Å². The van der Waals surface area contributed by atoms with Gasteiger partial charge in [0.2, 0.25) is 10.0 Å². The third-order valence-electron chi connectivity index (χ3n) is 5.40. The molecule has 2 N–H and O–H groups in total. The van der Waals surface area contributed by atoms with Crippen LogP contribution >= 0.6 is 11.6 Å². The molecule has 9 heteroatoms. The minimum atomic E-state index is -3.61. The van der Waals surface area contributed by atoms with Gasteiger partial charge in [-0.3, -0.25) is 9.10 Å². The maximum absolute atomic E-state index is 12.6.